The minimum atomic E-state index is -0.374. The number of morpholine rings is 1. The third-order valence-corrected chi connectivity index (χ3v) is 6.39. The maximum Gasteiger partial charge on any atom is 0.272 e. The van der Waals surface area contributed by atoms with Crippen molar-refractivity contribution in [1.82, 2.24) is 15.1 Å². The molecule has 1 N–H and O–H groups in total. The van der Waals surface area contributed by atoms with Crippen molar-refractivity contribution in [1.29, 1.82) is 0 Å². The average molecular weight is 387 g/mol. The number of aromatic nitrogens is 2. The summed E-state index contributed by atoms with van der Waals surface area (Å²) >= 11 is 0. The van der Waals surface area contributed by atoms with Gasteiger partial charge >= 0.3 is 0 Å². The summed E-state index contributed by atoms with van der Waals surface area (Å²) in [5, 5.41) is 7.35. The molecule has 1 saturated heterocycles. The topological polar surface area (TPSA) is 58.2 Å². The first kappa shape index (κ1) is 18.1. The van der Waals surface area contributed by atoms with Crippen LogP contribution < -0.4 is 0 Å². The standard InChI is InChI=1S/C24H25N3O2/c1-16-7-8-19(13-17(16)2)21-14-22(26-25-21)23(28)27-11-12-29-24(15-27)10-9-18-5-3-4-6-20(18)24/h3-8,13-14H,9-12,15H2,1-2H3,(H,25,26). The van der Waals surface area contributed by atoms with E-state index in [0.29, 0.717) is 25.4 Å². The number of hydrogen-bond acceptors (Lipinski definition) is 3. The molecule has 2 aromatic carbocycles. The highest BCUT2D eigenvalue weighted by molar-refractivity contribution is 5.93. The van der Waals surface area contributed by atoms with Crippen LogP contribution in [0.15, 0.2) is 48.5 Å². The van der Waals surface area contributed by atoms with Gasteiger partial charge in [-0.2, -0.15) is 5.10 Å². The summed E-state index contributed by atoms with van der Waals surface area (Å²) in [6, 6.07) is 16.5. The molecule has 0 saturated carbocycles. The average Bonchev–Trinajstić information content (AvgIpc) is 3.36. The molecule has 0 radical (unpaired) electrons. The second-order valence-electron chi connectivity index (χ2n) is 8.19. The third kappa shape index (κ3) is 3.06. The molecule has 2 aliphatic rings. The van der Waals surface area contributed by atoms with Gasteiger partial charge in [0.2, 0.25) is 0 Å². The van der Waals surface area contributed by atoms with E-state index in [4.69, 9.17) is 4.74 Å². The van der Waals surface area contributed by atoms with Crippen LogP contribution in [-0.4, -0.2) is 40.7 Å². The zero-order valence-electron chi connectivity index (χ0n) is 16.9. The van der Waals surface area contributed by atoms with Gasteiger partial charge in [0.25, 0.3) is 5.91 Å². The van der Waals surface area contributed by atoms with E-state index in [2.05, 4.69) is 60.4 Å². The van der Waals surface area contributed by atoms with Gasteiger partial charge < -0.3 is 9.64 Å². The SMILES string of the molecule is Cc1ccc(-c2cc(C(=O)N3CCOC4(CCc5ccccc54)C3)[nH]n2)cc1C. The Morgan fingerprint density at radius 2 is 2.00 bits per heavy atom. The Morgan fingerprint density at radius 1 is 1.14 bits per heavy atom. The molecule has 3 aromatic rings. The smallest absolute Gasteiger partial charge is 0.272 e. The fraction of sp³-hybridized carbons (Fsp3) is 0.333. The van der Waals surface area contributed by atoms with E-state index in [1.165, 1.54) is 22.3 Å². The Kier molecular flexibility index (Phi) is 4.28. The van der Waals surface area contributed by atoms with Gasteiger partial charge in [-0.15, -0.1) is 0 Å². The molecule has 2 heterocycles. The summed E-state index contributed by atoms with van der Waals surface area (Å²) in [5.41, 5.74) is 7.00. The zero-order valence-corrected chi connectivity index (χ0v) is 16.9. The minimum Gasteiger partial charge on any atom is -0.367 e. The molecule has 0 bridgehead atoms. The van der Waals surface area contributed by atoms with Crippen LogP contribution in [0.4, 0.5) is 0 Å². The molecule has 1 unspecified atom stereocenters. The van der Waals surface area contributed by atoms with Crippen LogP contribution in [0.5, 0.6) is 0 Å². The molecule has 1 amide bonds. The molecule has 5 rings (SSSR count). The fourth-order valence-corrected chi connectivity index (χ4v) is 4.58. The second-order valence-corrected chi connectivity index (χ2v) is 8.19. The first-order valence-corrected chi connectivity index (χ1v) is 10.2. The monoisotopic (exact) mass is 387 g/mol. The molecular weight excluding hydrogens is 362 g/mol. The van der Waals surface area contributed by atoms with E-state index < -0.39 is 0 Å². The van der Waals surface area contributed by atoms with Crippen molar-refractivity contribution in [3.63, 3.8) is 0 Å². The molecular formula is C24H25N3O2. The van der Waals surface area contributed by atoms with Crippen molar-refractivity contribution in [3.05, 3.63) is 76.5 Å². The number of rotatable bonds is 2. The van der Waals surface area contributed by atoms with E-state index in [9.17, 15) is 4.79 Å². The van der Waals surface area contributed by atoms with Gasteiger partial charge in [-0.25, -0.2) is 0 Å². The largest absolute Gasteiger partial charge is 0.367 e. The molecule has 5 nitrogen and oxygen atoms in total. The van der Waals surface area contributed by atoms with Gasteiger partial charge in [-0.05, 0) is 61.1 Å². The highest BCUT2D eigenvalue weighted by Crippen LogP contribution is 2.42. The van der Waals surface area contributed by atoms with Gasteiger partial charge in [-0.3, -0.25) is 9.89 Å². The molecule has 1 aliphatic carbocycles. The quantitative estimate of drug-likeness (QED) is 0.723. The van der Waals surface area contributed by atoms with E-state index in [1.54, 1.807) is 0 Å². The Balaban J connectivity index is 1.39. The van der Waals surface area contributed by atoms with E-state index >= 15 is 0 Å². The highest BCUT2D eigenvalue weighted by atomic mass is 16.5. The molecule has 1 atom stereocenters. The van der Waals surface area contributed by atoms with Crippen molar-refractivity contribution >= 4 is 5.91 Å². The van der Waals surface area contributed by atoms with Crippen LogP contribution >= 0.6 is 0 Å². The normalized spacial score (nSPS) is 20.8. The third-order valence-electron chi connectivity index (χ3n) is 6.39. The van der Waals surface area contributed by atoms with Crippen LogP contribution in [0.25, 0.3) is 11.3 Å². The van der Waals surface area contributed by atoms with Crippen LogP contribution in [0.3, 0.4) is 0 Å². The first-order chi connectivity index (χ1) is 14.1. The molecule has 1 fully saturated rings. The van der Waals surface area contributed by atoms with Gasteiger partial charge in [0, 0.05) is 12.1 Å². The highest BCUT2D eigenvalue weighted by Gasteiger charge is 2.44. The lowest BCUT2D eigenvalue weighted by atomic mass is 9.93. The summed E-state index contributed by atoms with van der Waals surface area (Å²) in [6.45, 7) is 5.91. The van der Waals surface area contributed by atoms with Crippen molar-refractivity contribution < 1.29 is 9.53 Å². The number of aromatic amines is 1. The number of carbonyl (C=O) groups is 1. The molecule has 148 valence electrons. The number of H-pyrrole nitrogens is 1. The summed E-state index contributed by atoms with van der Waals surface area (Å²) in [7, 11) is 0. The molecule has 1 aromatic heterocycles. The van der Waals surface area contributed by atoms with Crippen molar-refractivity contribution in [3.8, 4) is 11.3 Å². The van der Waals surface area contributed by atoms with Crippen LogP contribution in [0, 0.1) is 13.8 Å². The van der Waals surface area contributed by atoms with Gasteiger partial charge in [0.05, 0.1) is 18.8 Å². The van der Waals surface area contributed by atoms with E-state index in [0.717, 1.165) is 24.1 Å². The summed E-state index contributed by atoms with van der Waals surface area (Å²) in [6.07, 6.45) is 1.92. The van der Waals surface area contributed by atoms with Crippen molar-refractivity contribution in [2.24, 2.45) is 0 Å². The summed E-state index contributed by atoms with van der Waals surface area (Å²) in [5.74, 6) is -0.0142. The van der Waals surface area contributed by atoms with E-state index in [-0.39, 0.29) is 11.5 Å². The number of amides is 1. The van der Waals surface area contributed by atoms with Crippen LogP contribution in [0.2, 0.25) is 0 Å². The van der Waals surface area contributed by atoms with Crippen LogP contribution in [-0.2, 0) is 16.8 Å². The number of aryl methyl sites for hydroxylation is 3. The number of benzene rings is 2. The molecule has 1 aliphatic heterocycles. The Bertz CT molecular complexity index is 1080. The predicted molar refractivity (Wildman–Crippen MR) is 112 cm³/mol. The number of nitrogens with zero attached hydrogens (tertiary/aromatic N) is 2. The van der Waals surface area contributed by atoms with Crippen LogP contribution in [0.1, 0.15) is 39.2 Å². The second kappa shape index (κ2) is 6.85. The lowest BCUT2D eigenvalue weighted by Crippen LogP contribution is -2.51. The lowest BCUT2D eigenvalue weighted by Gasteiger charge is -2.41. The number of ether oxygens (including phenoxy) is 1. The molecule has 29 heavy (non-hydrogen) atoms. The fourth-order valence-electron chi connectivity index (χ4n) is 4.58. The van der Waals surface area contributed by atoms with Gasteiger partial charge in [0.1, 0.15) is 11.3 Å². The summed E-state index contributed by atoms with van der Waals surface area (Å²) in [4.78, 5) is 15.1. The van der Waals surface area contributed by atoms with Gasteiger partial charge in [-0.1, -0.05) is 36.4 Å². The Morgan fingerprint density at radius 3 is 2.86 bits per heavy atom. The Labute approximate surface area is 170 Å². The number of hydrogen-bond donors (Lipinski definition) is 1. The maximum absolute atomic E-state index is 13.2. The molecule has 5 heteroatoms. The van der Waals surface area contributed by atoms with Gasteiger partial charge in [0.15, 0.2) is 0 Å². The number of fused-ring (bicyclic) bond motifs is 2. The minimum absolute atomic E-state index is 0.0142. The Hall–Kier alpha value is -2.92. The predicted octanol–water partition coefficient (Wildman–Crippen LogP) is 4.01. The van der Waals surface area contributed by atoms with E-state index in [1.807, 2.05) is 17.0 Å². The lowest BCUT2D eigenvalue weighted by molar-refractivity contribution is -0.104. The first-order valence-electron chi connectivity index (χ1n) is 10.2. The molecule has 1 spiro atoms. The van der Waals surface area contributed by atoms with Crippen molar-refractivity contribution in [2.75, 3.05) is 19.7 Å². The number of carbonyl (C=O) groups excluding carboxylic acids is 1. The summed E-state index contributed by atoms with van der Waals surface area (Å²) < 4.78 is 6.25. The zero-order chi connectivity index (χ0) is 20.0. The number of nitrogens with one attached hydrogen (secondary N) is 1. The maximum atomic E-state index is 13.2. The van der Waals surface area contributed by atoms with Crippen molar-refractivity contribution in [2.45, 2.75) is 32.3 Å².